The number of likely N-dealkylation sites (N-methyl/N-ethyl adjacent to an activating group) is 2. The Hall–Kier alpha value is -4.37. The highest BCUT2D eigenvalue weighted by molar-refractivity contribution is 6.02. The zero-order valence-corrected chi connectivity index (χ0v) is 21.9. The highest BCUT2D eigenvalue weighted by Gasteiger charge is 2.17. The molecule has 2 N–H and O–H groups in total. The summed E-state index contributed by atoms with van der Waals surface area (Å²) in [6, 6.07) is 13.8. The number of nitrogens with zero attached hydrogens (tertiary/aromatic N) is 5. The number of methoxy groups -OCH3 is 1. The third-order valence-electron chi connectivity index (χ3n) is 6.10. The summed E-state index contributed by atoms with van der Waals surface area (Å²) in [6.07, 6.45) is 5.03. The summed E-state index contributed by atoms with van der Waals surface area (Å²) in [5, 5.41) is 7.36. The molecule has 2 aromatic carbocycles. The van der Waals surface area contributed by atoms with Gasteiger partial charge in [0, 0.05) is 44.0 Å². The molecule has 0 radical (unpaired) electrons. The quantitative estimate of drug-likeness (QED) is 0.308. The summed E-state index contributed by atoms with van der Waals surface area (Å²) in [4.78, 5) is 25.6. The van der Waals surface area contributed by atoms with Gasteiger partial charge in [-0.15, -0.1) is 0 Å². The fourth-order valence-corrected chi connectivity index (χ4v) is 4.11. The van der Waals surface area contributed by atoms with Crippen LogP contribution in [0.3, 0.4) is 0 Å². The molecule has 192 valence electrons. The summed E-state index contributed by atoms with van der Waals surface area (Å²) < 4.78 is 7.75. The van der Waals surface area contributed by atoms with E-state index in [0.717, 1.165) is 30.1 Å². The fourth-order valence-electron chi connectivity index (χ4n) is 4.11. The molecule has 0 saturated heterocycles. The Bertz CT molecular complexity index is 1430. The van der Waals surface area contributed by atoms with Crippen LogP contribution in [-0.2, 0) is 4.79 Å². The number of nitrogens with one attached hydrogen (secondary N) is 2. The lowest BCUT2D eigenvalue weighted by Crippen LogP contribution is -2.29. The average molecular weight is 500 g/mol. The van der Waals surface area contributed by atoms with Crippen molar-refractivity contribution in [1.29, 1.82) is 0 Å². The monoisotopic (exact) mass is 499 g/mol. The Balaban J connectivity index is 1.71. The first-order valence-corrected chi connectivity index (χ1v) is 12.0. The van der Waals surface area contributed by atoms with Crippen LogP contribution >= 0.6 is 0 Å². The first kappa shape index (κ1) is 25.7. The van der Waals surface area contributed by atoms with E-state index in [1.807, 2.05) is 56.0 Å². The molecule has 2 aromatic heterocycles. The molecule has 0 saturated carbocycles. The number of rotatable bonds is 10. The third kappa shape index (κ3) is 5.73. The number of carbonyl (C=O) groups is 1. The van der Waals surface area contributed by atoms with Crippen molar-refractivity contribution >= 4 is 39.8 Å². The maximum Gasteiger partial charge on any atom is 0.247 e. The van der Waals surface area contributed by atoms with E-state index in [4.69, 9.17) is 9.72 Å². The lowest BCUT2D eigenvalue weighted by atomic mass is 10.2. The van der Waals surface area contributed by atoms with Crippen molar-refractivity contribution in [2.75, 3.05) is 56.9 Å². The minimum atomic E-state index is -0.300. The average Bonchev–Trinajstić information content (AvgIpc) is 3.24. The number of para-hydroxylation sites is 1. The van der Waals surface area contributed by atoms with Crippen LogP contribution < -0.4 is 20.3 Å². The van der Waals surface area contributed by atoms with Crippen molar-refractivity contribution in [3.8, 4) is 11.6 Å². The number of hydrogen-bond acceptors (Lipinski definition) is 7. The molecule has 0 unspecified atom stereocenters. The van der Waals surface area contributed by atoms with Crippen molar-refractivity contribution in [2.45, 2.75) is 6.92 Å². The lowest BCUT2D eigenvalue weighted by molar-refractivity contribution is -0.111. The van der Waals surface area contributed by atoms with Gasteiger partial charge in [-0.3, -0.25) is 4.79 Å². The zero-order valence-electron chi connectivity index (χ0n) is 21.9. The number of aryl methyl sites for hydroxylation is 1. The standard InChI is InChI=1S/C28H33N7O2/c1-7-27(36)30-21-16-22(25(37-6)17-24(21)34(5)15-14-33(3)4)31-28-29-13-12-26(32-28)35-18-19(2)20-10-8-9-11-23(20)35/h7-13,16-18H,1,14-15H2,2-6H3,(H,30,36)(H,29,31,32). The summed E-state index contributed by atoms with van der Waals surface area (Å²) in [7, 11) is 7.63. The van der Waals surface area contributed by atoms with E-state index in [1.165, 1.54) is 17.0 Å². The molecule has 0 fully saturated rings. The van der Waals surface area contributed by atoms with Gasteiger partial charge in [-0.25, -0.2) is 4.98 Å². The molecule has 0 spiro atoms. The van der Waals surface area contributed by atoms with Gasteiger partial charge in [-0.05, 0) is 50.9 Å². The number of fused-ring (bicyclic) bond motifs is 1. The van der Waals surface area contributed by atoms with Gasteiger partial charge in [0.1, 0.15) is 11.6 Å². The second kappa shape index (κ2) is 11.1. The van der Waals surface area contributed by atoms with Crippen LogP contribution in [0.4, 0.5) is 23.0 Å². The molecule has 4 aromatic rings. The Morgan fingerprint density at radius 2 is 1.92 bits per heavy atom. The molecule has 0 aliphatic heterocycles. The number of anilines is 4. The van der Waals surface area contributed by atoms with Crippen LogP contribution in [0.15, 0.2) is 67.5 Å². The predicted molar refractivity (Wildman–Crippen MR) is 151 cm³/mol. The van der Waals surface area contributed by atoms with Gasteiger partial charge in [-0.2, -0.15) is 4.98 Å². The van der Waals surface area contributed by atoms with Gasteiger partial charge < -0.3 is 29.7 Å². The topological polar surface area (TPSA) is 87.5 Å². The number of amides is 1. The predicted octanol–water partition coefficient (Wildman–Crippen LogP) is 4.60. The number of hydrogen-bond donors (Lipinski definition) is 2. The van der Waals surface area contributed by atoms with Crippen molar-refractivity contribution < 1.29 is 9.53 Å². The molecule has 9 heteroatoms. The molecule has 0 aliphatic carbocycles. The number of ether oxygens (including phenoxy) is 1. The van der Waals surface area contributed by atoms with Gasteiger partial charge in [0.25, 0.3) is 0 Å². The minimum absolute atomic E-state index is 0.300. The van der Waals surface area contributed by atoms with E-state index in [2.05, 4.69) is 57.2 Å². The van der Waals surface area contributed by atoms with Crippen LogP contribution in [0.25, 0.3) is 16.7 Å². The molecule has 9 nitrogen and oxygen atoms in total. The van der Waals surface area contributed by atoms with Crippen molar-refractivity contribution in [3.05, 3.63) is 73.1 Å². The highest BCUT2D eigenvalue weighted by atomic mass is 16.5. The second-order valence-electron chi connectivity index (χ2n) is 9.05. The lowest BCUT2D eigenvalue weighted by Gasteiger charge is -2.26. The summed E-state index contributed by atoms with van der Waals surface area (Å²) in [5.41, 5.74) is 4.31. The molecule has 0 atom stereocenters. The van der Waals surface area contributed by atoms with E-state index < -0.39 is 0 Å². The maximum atomic E-state index is 12.2. The molecule has 0 aliphatic rings. The van der Waals surface area contributed by atoms with Crippen molar-refractivity contribution in [1.82, 2.24) is 19.4 Å². The minimum Gasteiger partial charge on any atom is -0.494 e. The van der Waals surface area contributed by atoms with Gasteiger partial charge in [0.2, 0.25) is 11.9 Å². The zero-order chi connectivity index (χ0) is 26.5. The smallest absolute Gasteiger partial charge is 0.247 e. The van der Waals surface area contributed by atoms with Crippen LogP contribution in [-0.4, -0.2) is 66.7 Å². The summed E-state index contributed by atoms with van der Waals surface area (Å²) >= 11 is 0. The molecule has 1 amide bonds. The Morgan fingerprint density at radius 1 is 1.14 bits per heavy atom. The SMILES string of the molecule is C=CC(=O)Nc1cc(Nc2nccc(-n3cc(C)c4ccccc43)n2)c(OC)cc1N(C)CCN(C)C. The van der Waals surface area contributed by atoms with Gasteiger partial charge in [0.05, 0.1) is 29.7 Å². The molecular formula is C28H33N7O2. The van der Waals surface area contributed by atoms with Gasteiger partial charge in [-0.1, -0.05) is 24.8 Å². The van der Waals surface area contributed by atoms with E-state index in [-0.39, 0.29) is 5.91 Å². The molecule has 0 bridgehead atoms. The molecule has 4 rings (SSSR count). The first-order valence-electron chi connectivity index (χ1n) is 12.0. The second-order valence-corrected chi connectivity index (χ2v) is 9.05. The third-order valence-corrected chi connectivity index (χ3v) is 6.10. The van der Waals surface area contributed by atoms with Gasteiger partial charge >= 0.3 is 0 Å². The Labute approximate surface area is 217 Å². The van der Waals surface area contributed by atoms with E-state index >= 15 is 0 Å². The first-order chi connectivity index (χ1) is 17.8. The number of benzene rings is 2. The van der Waals surface area contributed by atoms with Crippen LogP contribution in [0, 0.1) is 6.92 Å². The Morgan fingerprint density at radius 3 is 2.65 bits per heavy atom. The van der Waals surface area contributed by atoms with Crippen molar-refractivity contribution in [3.63, 3.8) is 0 Å². The highest BCUT2D eigenvalue weighted by Crippen LogP contribution is 2.38. The fraction of sp³-hybridized carbons (Fsp3) is 0.250. The largest absolute Gasteiger partial charge is 0.494 e. The van der Waals surface area contributed by atoms with Crippen LogP contribution in [0.1, 0.15) is 5.56 Å². The molecule has 37 heavy (non-hydrogen) atoms. The van der Waals surface area contributed by atoms with E-state index in [9.17, 15) is 4.79 Å². The summed E-state index contributed by atoms with van der Waals surface area (Å²) in [5.74, 6) is 1.44. The van der Waals surface area contributed by atoms with Crippen LogP contribution in [0.2, 0.25) is 0 Å². The van der Waals surface area contributed by atoms with Crippen LogP contribution in [0.5, 0.6) is 5.75 Å². The number of carbonyl (C=O) groups excluding carboxylic acids is 1. The van der Waals surface area contributed by atoms with Gasteiger partial charge in [0.15, 0.2) is 0 Å². The normalized spacial score (nSPS) is 11.0. The van der Waals surface area contributed by atoms with E-state index in [0.29, 0.717) is 23.1 Å². The summed E-state index contributed by atoms with van der Waals surface area (Å²) in [6.45, 7) is 7.27. The van der Waals surface area contributed by atoms with Crippen molar-refractivity contribution in [2.24, 2.45) is 0 Å². The maximum absolute atomic E-state index is 12.2. The molecule has 2 heterocycles. The number of aromatic nitrogens is 3. The molecular weight excluding hydrogens is 466 g/mol. The van der Waals surface area contributed by atoms with E-state index in [1.54, 1.807) is 13.3 Å². The Kier molecular flexibility index (Phi) is 7.74.